The average Bonchev–Trinajstić information content (AvgIpc) is 2.67. The molecule has 1 aliphatic heterocycles. The fourth-order valence-corrected chi connectivity index (χ4v) is 3.79. The number of methoxy groups -OCH3 is 2. The van der Waals surface area contributed by atoms with Crippen LogP contribution in [0.2, 0.25) is 0 Å². The van der Waals surface area contributed by atoms with E-state index in [-0.39, 0.29) is 5.91 Å². The zero-order chi connectivity index (χ0) is 17.6. The lowest BCUT2D eigenvalue weighted by atomic mass is 9.99. The minimum absolute atomic E-state index is 0.175. The highest BCUT2D eigenvalue weighted by Crippen LogP contribution is 2.33. The molecule has 132 valence electrons. The third kappa shape index (κ3) is 4.25. The van der Waals surface area contributed by atoms with Gasteiger partial charge in [-0.1, -0.05) is 6.07 Å². The molecule has 0 N–H and O–H groups in total. The molecule has 0 saturated heterocycles. The summed E-state index contributed by atoms with van der Waals surface area (Å²) in [7, 11) is 3.27. The number of aromatic nitrogens is 1. The molecule has 1 aliphatic rings. The normalized spacial score (nSPS) is 13.3. The Labute approximate surface area is 152 Å². The van der Waals surface area contributed by atoms with E-state index in [0.717, 1.165) is 35.6 Å². The Kier molecular flexibility index (Phi) is 5.81. The van der Waals surface area contributed by atoms with E-state index in [0.29, 0.717) is 18.0 Å². The average molecular weight is 358 g/mol. The fraction of sp³-hybridized carbons (Fsp3) is 0.368. The summed E-state index contributed by atoms with van der Waals surface area (Å²) in [5, 5.41) is 0. The van der Waals surface area contributed by atoms with Crippen molar-refractivity contribution in [3.63, 3.8) is 0 Å². The van der Waals surface area contributed by atoms with Crippen molar-refractivity contribution in [2.75, 3.05) is 26.5 Å². The second kappa shape index (κ2) is 8.25. The molecule has 0 aliphatic carbocycles. The standard InChI is InChI=1S/C19H22N2O3S/c1-23-17-8-15-5-7-21(11-16(15)9-18(17)24-2)19(22)13-25-12-14-4-3-6-20-10-14/h3-4,6,8-10H,5,7,11-13H2,1-2H3. The highest BCUT2D eigenvalue weighted by molar-refractivity contribution is 7.99. The zero-order valence-electron chi connectivity index (χ0n) is 14.5. The third-order valence-corrected chi connectivity index (χ3v) is 5.28. The maximum absolute atomic E-state index is 12.5. The Bertz CT molecular complexity index is 737. The molecule has 0 radical (unpaired) electrons. The van der Waals surface area contributed by atoms with Gasteiger partial charge in [0.25, 0.3) is 0 Å². The smallest absolute Gasteiger partial charge is 0.232 e. The number of thioether (sulfide) groups is 1. The monoisotopic (exact) mass is 358 g/mol. The first-order valence-corrected chi connectivity index (χ1v) is 9.35. The summed E-state index contributed by atoms with van der Waals surface area (Å²) in [6.07, 6.45) is 4.44. The number of fused-ring (bicyclic) bond motifs is 1. The Hall–Kier alpha value is -2.21. The number of rotatable bonds is 6. The van der Waals surface area contributed by atoms with E-state index in [9.17, 15) is 4.79 Å². The molecule has 1 amide bonds. The first-order valence-electron chi connectivity index (χ1n) is 8.19. The van der Waals surface area contributed by atoms with Crippen LogP contribution in [0.4, 0.5) is 0 Å². The predicted molar refractivity (Wildman–Crippen MR) is 99.1 cm³/mol. The molecule has 2 aromatic rings. The van der Waals surface area contributed by atoms with Gasteiger partial charge in [-0.25, -0.2) is 0 Å². The lowest BCUT2D eigenvalue weighted by Gasteiger charge is -2.29. The number of benzene rings is 1. The molecule has 0 spiro atoms. The van der Waals surface area contributed by atoms with Gasteiger partial charge in [0.2, 0.25) is 5.91 Å². The summed E-state index contributed by atoms with van der Waals surface area (Å²) in [6, 6.07) is 7.95. The van der Waals surface area contributed by atoms with Gasteiger partial charge in [0.05, 0.1) is 20.0 Å². The molecule has 0 unspecified atom stereocenters. The van der Waals surface area contributed by atoms with Crippen LogP contribution in [-0.2, 0) is 23.5 Å². The number of hydrogen-bond acceptors (Lipinski definition) is 5. The van der Waals surface area contributed by atoms with E-state index in [1.807, 2.05) is 35.4 Å². The summed E-state index contributed by atoms with van der Waals surface area (Å²) < 4.78 is 10.7. The molecule has 3 rings (SSSR count). The molecule has 0 fully saturated rings. The minimum atomic E-state index is 0.175. The number of carbonyl (C=O) groups is 1. The molecule has 1 aromatic carbocycles. The number of hydrogen-bond donors (Lipinski definition) is 0. The van der Waals surface area contributed by atoms with Gasteiger partial charge in [-0.3, -0.25) is 9.78 Å². The van der Waals surface area contributed by atoms with Gasteiger partial charge in [0, 0.05) is 31.2 Å². The molecular weight excluding hydrogens is 336 g/mol. The predicted octanol–water partition coefficient (Wildman–Crippen LogP) is 2.92. The summed E-state index contributed by atoms with van der Waals surface area (Å²) in [4.78, 5) is 18.5. The highest BCUT2D eigenvalue weighted by Gasteiger charge is 2.22. The number of nitrogens with zero attached hydrogens (tertiary/aromatic N) is 2. The summed E-state index contributed by atoms with van der Waals surface area (Å²) in [6.45, 7) is 1.37. The van der Waals surface area contributed by atoms with Crippen molar-refractivity contribution in [3.8, 4) is 11.5 Å². The maximum atomic E-state index is 12.5. The molecule has 0 atom stereocenters. The van der Waals surface area contributed by atoms with Crippen LogP contribution >= 0.6 is 11.8 Å². The summed E-state index contributed by atoms with van der Waals surface area (Å²) in [5.41, 5.74) is 3.50. The first kappa shape index (κ1) is 17.6. The van der Waals surface area contributed by atoms with Gasteiger partial charge in [0.1, 0.15) is 0 Å². The van der Waals surface area contributed by atoms with Crippen LogP contribution in [0.3, 0.4) is 0 Å². The van der Waals surface area contributed by atoms with Crippen molar-refractivity contribution in [1.29, 1.82) is 0 Å². The molecule has 25 heavy (non-hydrogen) atoms. The van der Waals surface area contributed by atoms with Crippen LogP contribution in [0.5, 0.6) is 11.5 Å². The van der Waals surface area contributed by atoms with Gasteiger partial charge in [-0.15, -0.1) is 11.8 Å². The second-order valence-corrected chi connectivity index (χ2v) is 6.88. The summed E-state index contributed by atoms with van der Waals surface area (Å²) in [5.74, 6) is 2.91. The van der Waals surface area contributed by atoms with Crippen LogP contribution in [0.1, 0.15) is 16.7 Å². The van der Waals surface area contributed by atoms with Gasteiger partial charge in [0.15, 0.2) is 11.5 Å². The van der Waals surface area contributed by atoms with Crippen LogP contribution in [-0.4, -0.2) is 42.3 Å². The Balaban J connectivity index is 1.59. The fourth-order valence-electron chi connectivity index (χ4n) is 2.93. The van der Waals surface area contributed by atoms with Crippen molar-refractivity contribution >= 4 is 17.7 Å². The van der Waals surface area contributed by atoms with Crippen molar-refractivity contribution in [3.05, 3.63) is 53.3 Å². The number of carbonyl (C=O) groups excluding carboxylic acids is 1. The number of ether oxygens (including phenoxy) is 2. The second-order valence-electron chi connectivity index (χ2n) is 5.90. The van der Waals surface area contributed by atoms with Crippen LogP contribution in [0.25, 0.3) is 0 Å². The molecule has 0 saturated carbocycles. The minimum Gasteiger partial charge on any atom is -0.493 e. The SMILES string of the molecule is COc1cc2c(cc1OC)CN(C(=O)CSCc1cccnc1)CC2. The molecule has 1 aromatic heterocycles. The van der Waals surface area contributed by atoms with E-state index in [1.54, 1.807) is 32.2 Å². The van der Waals surface area contributed by atoms with Crippen LogP contribution < -0.4 is 9.47 Å². The molecule has 5 nitrogen and oxygen atoms in total. The summed E-state index contributed by atoms with van der Waals surface area (Å²) >= 11 is 1.63. The van der Waals surface area contributed by atoms with Gasteiger partial charge < -0.3 is 14.4 Å². The van der Waals surface area contributed by atoms with Crippen molar-refractivity contribution in [2.45, 2.75) is 18.7 Å². The topological polar surface area (TPSA) is 51.7 Å². The Morgan fingerprint density at radius 1 is 1.24 bits per heavy atom. The maximum Gasteiger partial charge on any atom is 0.232 e. The van der Waals surface area contributed by atoms with E-state index >= 15 is 0 Å². The van der Waals surface area contributed by atoms with E-state index in [1.165, 1.54) is 5.56 Å². The van der Waals surface area contributed by atoms with E-state index < -0.39 is 0 Å². The quantitative estimate of drug-likeness (QED) is 0.795. The van der Waals surface area contributed by atoms with Crippen LogP contribution in [0.15, 0.2) is 36.7 Å². The van der Waals surface area contributed by atoms with Crippen LogP contribution in [0, 0.1) is 0 Å². The van der Waals surface area contributed by atoms with Gasteiger partial charge in [-0.2, -0.15) is 0 Å². The zero-order valence-corrected chi connectivity index (χ0v) is 15.3. The Morgan fingerprint density at radius 2 is 2.00 bits per heavy atom. The molecule has 2 heterocycles. The molecule has 6 heteroatoms. The molecule has 0 bridgehead atoms. The first-order chi connectivity index (χ1) is 12.2. The van der Waals surface area contributed by atoms with Gasteiger partial charge >= 0.3 is 0 Å². The lowest BCUT2D eigenvalue weighted by Crippen LogP contribution is -2.37. The third-order valence-electron chi connectivity index (χ3n) is 4.29. The van der Waals surface area contributed by atoms with Crippen molar-refractivity contribution in [2.24, 2.45) is 0 Å². The lowest BCUT2D eigenvalue weighted by molar-refractivity contribution is -0.129. The van der Waals surface area contributed by atoms with Crippen molar-refractivity contribution in [1.82, 2.24) is 9.88 Å². The highest BCUT2D eigenvalue weighted by atomic mass is 32.2. The van der Waals surface area contributed by atoms with Crippen molar-refractivity contribution < 1.29 is 14.3 Å². The van der Waals surface area contributed by atoms with Gasteiger partial charge in [-0.05, 0) is 41.3 Å². The Morgan fingerprint density at radius 3 is 2.68 bits per heavy atom. The molecular formula is C19H22N2O3S. The number of pyridine rings is 1. The van der Waals surface area contributed by atoms with E-state index in [4.69, 9.17) is 9.47 Å². The number of amides is 1. The van der Waals surface area contributed by atoms with E-state index in [2.05, 4.69) is 4.98 Å². The largest absolute Gasteiger partial charge is 0.493 e.